The molecular weight excluding hydrogens is 237 g/mol. The number of rotatable bonds is 8. The molecule has 0 bridgehead atoms. The fourth-order valence-corrected chi connectivity index (χ4v) is 1.78. The Hall–Kier alpha value is -0.330. The van der Waals surface area contributed by atoms with Gasteiger partial charge in [-0.3, -0.25) is 0 Å². The van der Waals surface area contributed by atoms with E-state index in [1.165, 1.54) is 0 Å². The van der Waals surface area contributed by atoms with Crippen molar-refractivity contribution < 1.29 is 28.1 Å². The molecule has 0 fully saturated rings. The van der Waals surface area contributed by atoms with Crippen LogP contribution < -0.4 is 0 Å². The van der Waals surface area contributed by atoms with E-state index in [0.29, 0.717) is 6.42 Å². The number of aliphatic hydroxyl groups excluding tert-OH is 2. The maximum Gasteiger partial charge on any atom is 0.411 e. The third-order valence-corrected chi connectivity index (χ3v) is 2.55. The van der Waals surface area contributed by atoms with Gasteiger partial charge in [-0.05, 0) is 18.8 Å². The van der Waals surface area contributed by atoms with Crippen molar-refractivity contribution in [1.29, 1.82) is 0 Å². The molecule has 17 heavy (non-hydrogen) atoms. The summed E-state index contributed by atoms with van der Waals surface area (Å²) in [7, 11) is 0. The van der Waals surface area contributed by atoms with Gasteiger partial charge in [-0.1, -0.05) is 13.8 Å². The smallest absolute Gasteiger partial charge is 0.396 e. The van der Waals surface area contributed by atoms with Crippen molar-refractivity contribution in [2.75, 3.05) is 26.4 Å². The van der Waals surface area contributed by atoms with Gasteiger partial charge in [-0.15, -0.1) is 0 Å². The van der Waals surface area contributed by atoms with Crippen molar-refractivity contribution >= 4 is 0 Å². The van der Waals surface area contributed by atoms with Crippen LogP contribution in [-0.4, -0.2) is 42.8 Å². The van der Waals surface area contributed by atoms with E-state index in [1.54, 1.807) is 0 Å². The molecule has 104 valence electrons. The van der Waals surface area contributed by atoms with Crippen molar-refractivity contribution in [2.45, 2.75) is 32.9 Å². The zero-order valence-electron chi connectivity index (χ0n) is 10.3. The molecule has 2 N–H and O–H groups in total. The van der Waals surface area contributed by atoms with Crippen LogP contribution in [-0.2, 0) is 4.74 Å². The number of aliphatic hydroxyl groups is 2. The Bertz CT molecular complexity index is 201. The van der Waals surface area contributed by atoms with E-state index in [1.807, 2.05) is 13.8 Å². The number of hydrogen-bond donors (Lipinski definition) is 2. The summed E-state index contributed by atoms with van der Waals surface area (Å²) in [5.41, 5.74) is -0.750. The molecule has 0 radical (unpaired) electrons. The lowest BCUT2D eigenvalue weighted by atomic mass is 9.79. The zero-order chi connectivity index (χ0) is 13.5. The first-order valence-corrected chi connectivity index (χ1v) is 5.61. The standard InChI is InChI=1S/C11H21F3O3/c1-9(2)5-10(6-15,7-16)3-4-17-8-11(12,13)14/h9,15-16H,3-8H2,1-2H3. The third-order valence-electron chi connectivity index (χ3n) is 2.55. The third kappa shape index (κ3) is 7.57. The molecule has 0 aromatic heterocycles. The molecule has 0 atom stereocenters. The summed E-state index contributed by atoms with van der Waals surface area (Å²) in [6, 6.07) is 0. The Labute approximate surface area is 99.6 Å². The summed E-state index contributed by atoms with van der Waals surface area (Å²) in [5.74, 6) is 0.247. The number of alkyl halides is 3. The summed E-state index contributed by atoms with van der Waals surface area (Å²) in [6.45, 7) is 1.94. The molecule has 0 aromatic carbocycles. The second kappa shape index (κ2) is 7.18. The molecule has 0 amide bonds. The SMILES string of the molecule is CC(C)CC(CO)(CO)CCOCC(F)(F)F. The Morgan fingerprint density at radius 3 is 2.00 bits per heavy atom. The minimum absolute atomic E-state index is 0.118. The van der Waals surface area contributed by atoms with Gasteiger partial charge in [-0.25, -0.2) is 0 Å². The highest BCUT2D eigenvalue weighted by Gasteiger charge is 2.31. The molecule has 0 unspecified atom stereocenters. The fraction of sp³-hybridized carbons (Fsp3) is 1.00. The normalized spacial score (nSPS) is 13.4. The van der Waals surface area contributed by atoms with Gasteiger partial charge in [0.25, 0.3) is 0 Å². The number of halogens is 3. The number of ether oxygens (including phenoxy) is 1. The Kier molecular flexibility index (Phi) is 7.04. The van der Waals surface area contributed by atoms with Crippen LogP contribution in [0.25, 0.3) is 0 Å². The predicted octanol–water partition coefficient (Wildman–Crippen LogP) is 1.97. The van der Waals surface area contributed by atoms with Crippen molar-refractivity contribution in [2.24, 2.45) is 11.3 Å². The van der Waals surface area contributed by atoms with E-state index < -0.39 is 18.2 Å². The summed E-state index contributed by atoms with van der Waals surface area (Å²) >= 11 is 0. The van der Waals surface area contributed by atoms with Gasteiger partial charge in [0, 0.05) is 12.0 Å². The average molecular weight is 258 g/mol. The van der Waals surface area contributed by atoms with Crippen molar-refractivity contribution in [3.63, 3.8) is 0 Å². The van der Waals surface area contributed by atoms with Crippen LogP contribution in [0.15, 0.2) is 0 Å². The highest BCUT2D eigenvalue weighted by molar-refractivity contribution is 4.79. The lowest BCUT2D eigenvalue weighted by molar-refractivity contribution is -0.176. The lowest BCUT2D eigenvalue weighted by Crippen LogP contribution is -2.33. The molecular formula is C11H21F3O3. The summed E-state index contributed by atoms with van der Waals surface area (Å²) in [6.07, 6.45) is -3.57. The van der Waals surface area contributed by atoms with E-state index in [0.717, 1.165) is 0 Å². The van der Waals surface area contributed by atoms with E-state index in [2.05, 4.69) is 4.74 Å². The van der Waals surface area contributed by atoms with Crippen LogP contribution in [0.1, 0.15) is 26.7 Å². The summed E-state index contributed by atoms with van der Waals surface area (Å²) in [4.78, 5) is 0. The topological polar surface area (TPSA) is 49.7 Å². The lowest BCUT2D eigenvalue weighted by Gasteiger charge is -2.31. The maximum atomic E-state index is 11.8. The quantitative estimate of drug-likeness (QED) is 0.654. The Morgan fingerprint density at radius 2 is 1.65 bits per heavy atom. The molecule has 3 nitrogen and oxygen atoms in total. The molecule has 0 heterocycles. The van der Waals surface area contributed by atoms with Gasteiger partial charge in [0.2, 0.25) is 0 Å². The van der Waals surface area contributed by atoms with Crippen LogP contribution >= 0.6 is 0 Å². The summed E-state index contributed by atoms with van der Waals surface area (Å²) < 4.78 is 40.0. The van der Waals surface area contributed by atoms with Crippen LogP contribution in [0.4, 0.5) is 13.2 Å². The first kappa shape index (κ1) is 16.7. The highest BCUT2D eigenvalue weighted by atomic mass is 19.4. The first-order chi connectivity index (χ1) is 7.74. The maximum absolute atomic E-state index is 11.8. The monoisotopic (exact) mass is 258 g/mol. The van der Waals surface area contributed by atoms with Crippen LogP contribution in [0.3, 0.4) is 0 Å². The van der Waals surface area contributed by atoms with Gasteiger partial charge >= 0.3 is 6.18 Å². The summed E-state index contributed by atoms with van der Waals surface area (Å²) in [5, 5.41) is 18.5. The van der Waals surface area contributed by atoms with E-state index in [-0.39, 0.29) is 32.2 Å². The molecule has 0 rings (SSSR count). The van der Waals surface area contributed by atoms with Crippen LogP contribution in [0.5, 0.6) is 0 Å². The molecule has 0 aliphatic carbocycles. The van der Waals surface area contributed by atoms with Gasteiger partial charge in [0.1, 0.15) is 6.61 Å². The van der Waals surface area contributed by atoms with E-state index in [4.69, 9.17) is 0 Å². The van der Waals surface area contributed by atoms with Crippen molar-refractivity contribution in [1.82, 2.24) is 0 Å². The minimum atomic E-state index is -4.33. The molecule has 0 saturated carbocycles. The predicted molar refractivity (Wildman–Crippen MR) is 57.6 cm³/mol. The van der Waals surface area contributed by atoms with Crippen LogP contribution in [0, 0.1) is 11.3 Å². The molecule has 0 aliphatic heterocycles. The molecule has 0 saturated heterocycles. The Balaban J connectivity index is 4.09. The average Bonchev–Trinajstić information content (AvgIpc) is 2.21. The van der Waals surface area contributed by atoms with Gasteiger partial charge in [-0.2, -0.15) is 13.2 Å². The molecule has 0 aromatic rings. The van der Waals surface area contributed by atoms with Gasteiger partial charge < -0.3 is 14.9 Å². The largest absolute Gasteiger partial charge is 0.411 e. The van der Waals surface area contributed by atoms with Gasteiger partial charge in [0.05, 0.1) is 13.2 Å². The van der Waals surface area contributed by atoms with Crippen molar-refractivity contribution in [3.8, 4) is 0 Å². The second-order valence-electron chi connectivity index (χ2n) is 4.83. The molecule has 0 spiro atoms. The fourth-order valence-electron chi connectivity index (χ4n) is 1.78. The minimum Gasteiger partial charge on any atom is -0.396 e. The second-order valence-corrected chi connectivity index (χ2v) is 4.83. The molecule has 0 aliphatic rings. The first-order valence-electron chi connectivity index (χ1n) is 5.61. The van der Waals surface area contributed by atoms with E-state index >= 15 is 0 Å². The number of hydrogen-bond acceptors (Lipinski definition) is 3. The van der Waals surface area contributed by atoms with Gasteiger partial charge in [0.15, 0.2) is 0 Å². The highest BCUT2D eigenvalue weighted by Crippen LogP contribution is 2.29. The molecule has 6 heteroatoms. The Morgan fingerprint density at radius 1 is 1.12 bits per heavy atom. The van der Waals surface area contributed by atoms with Crippen LogP contribution in [0.2, 0.25) is 0 Å². The van der Waals surface area contributed by atoms with Crippen molar-refractivity contribution in [3.05, 3.63) is 0 Å². The van der Waals surface area contributed by atoms with E-state index in [9.17, 15) is 23.4 Å². The zero-order valence-corrected chi connectivity index (χ0v) is 10.3.